The van der Waals surface area contributed by atoms with Gasteiger partial charge in [-0.2, -0.15) is 0 Å². The number of carbonyl (C=O) groups is 1. The average Bonchev–Trinajstić information content (AvgIpc) is 2.70. The normalized spacial score (nSPS) is 11.4. The van der Waals surface area contributed by atoms with Crippen LogP contribution in [-0.4, -0.2) is 27.0 Å². The maximum Gasteiger partial charge on any atom is 0.335 e. The number of aromatic nitrogens is 1. The fraction of sp³-hybridized carbons (Fsp3) is 0.174. The zero-order valence-corrected chi connectivity index (χ0v) is 15.9. The second-order valence-electron chi connectivity index (χ2n) is 6.71. The minimum Gasteiger partial charge on any atom is -0.478 e. The van der Waals surface area contributed by atoms with Gasteiger partial charge in [0.2, 0.25) is 0 Å². The van der Waals surface area contributed by atoms with Crippen molar-refractivity contribution >= 4 is 11.7 Å². The van der Waals surface area contributed by atoms with Gasteiger partial charge in [-0.3, -0.25) is 4.98 Å². The van der Waals surface area contributed by atoms with Gasteiger partial charge >= 0.3 is 5.97 Å². The van der Waals surface area contributed by atoms with Gasteiger partial charge in [-0.25, -0.2) is 4.79 Å². The van der Waals surface area contributed by atoms with Crippen LogP contribution in [0.5, 0.6) is 0 Å². The number of aromatic carboxylic acids is 1. The molecule has 2 N–H and O–H groups in total. The Morgan fingerprint density at radius 3 is 2.46 bits per heavy atom. The third-order valence-corrected chi connectivity index (χ3v) is 4.82. The molecule has 0 saturated heterocycles. The number of benzene rings is 2. The van der Waals surface area contributed by atoms with Crippen molar-refractivity contribution in [2.75, 3.05) is 0 Å². The topological polar surface area (TPSA) is 82.8 Å². The Hall–Kier alpha value is -3.47. The summed E-state index contributed by atoms with van der Waals surface area (Å²) in [6.45, 7) is 3.98. The second-order valence-corrected chi connectivity index (χ2v) is 6.71. The van der Waals surface area contributed by atoms with Gasteiger partial charge in [-0.15, -0.1) is 0 Å². The molecule has 0 aliphatic carbocycles. The summed E-state index contributed by atoms with van der Waals surface area (Å²) in [4.78, 5) is 15.2. The standard InChI is InChI=1S/C23H22N2O3/c1-15-14-19(12-13-24-15)20-4-3-5-21(16(20)2)22(25-28)11-8-17-6-9-18(10-7-17)23(26)27/h3-7,9-10,12-14,28H,8,11H2,1-2H3,(H,26,27). The molecule has 0 radical (unpaired) electrons. The molecule has 0 fully saturated rings. The number of nitrogens with zero attached hydrogens (tertiary/aromatic N) is 2. The van der Waals surface area contributed by atoms with Crippen molar-refractivity contribution in [2.45, 2.75) is 26.7 Å². The summed E-state index contributed by atoms with van der Waals surface area (Å²) in [5.74, 6) is -0.942. The van der Waals surface area contributed by atoms with Gasteiger partial charge in [-0.05, 0) is 73.2 Å². The van der Waals surface area contributed by atoms with Gasteiger partial charge in [0.05, 0.1) is 11.3 Å². The van der Waals surface area contributed by atoms with E-state index >= 15 is 0 Å². The summed E-state index contributed by atoms with van der Waals surface area (Å²) in [5.41, 5.74) is 6.90. The van der Waals surface area contributed by atoms with Gasteiger partial charge in [0, 0.05) is 17.5 Å². The lowest BCUT2D eigenvalue weighted by Gasteiger charge is -2.13. The van der Waals surface area contributed by atoms with E-state index in [0.29, 0.717) is 18.6 Å². The van der Waals surface area contributed by atoms with E-state index in [4.69, 9.17) is 5.11 Å². The Labute approximate surface area is 164 Å². The number of aryl methyl sites for hydroxylation is 2. The lowest BCUT2D eigenvalue weighted by Crippen LogP contribution is -2.06. The van der Waals surface area contributed by atoms with Crippen LogP contribution in [-0.2, 0) is 6.42 Å². The maximum atomic E-state index is 11.0. The van der Waals surface area contributed by atoms with Crippen LogP contribution in [0.4, 0.5) is 0 Å². The Morgan fingerprint density at radius 1 is 1.07 bits per heavy atom. The van der Waals surface area contributed by atoms with E-state index in [9.17, 15) is 10.0 Å². The van der Waals surface area contributed by atoms with Crippen LogP contribution >= 0.6 is 0 Å². The first kappa shape index (κ1) is 19.3. The first-order chi connectivity index (χ1) is 13.5. The Kier molecular flexibility index (Phi) is 5.84. The SMILES string of the molecule is Cc1cc(-c2cccc(C(CCc3ccc(C(=O)O)cc3)=NO)c2C)ccn1. The molecule has 3 aromatic rings. The van der Waals surface area contributed by atoms with E-state index in [1.807, 2.05) is 44.2 Å². The number of carboxylic acid groups (broad SMARTS) is 1. The van der Waals surface area contributed by atoms with Crippen molar-refractivity contribution in [3.05, 3.63) is 88.7 Å². The fourth-order valence-corrected chi connectivity index (χ4v) is 3.29. The molecule has 0 atom stereocenters. The third-order valence-electron chi connectivity index (χ3n) is 4.82. The van der Waals surface area contributed by atoms with E-state index in [2.05, 4.69) is 10.1 Å². The van der Waals surface area contributed by atoms with Crippen molar-refractivity contribution in [1.82, 2.24) is 4.98 Å². The van der Waals surface area contributed by atoms with E-state index in [1.165, 1.54) is 0 Å². The van der Waals surface area contributed by atoms with Gasteiger partial charge in [0.15, 0.2) is 0 Å². The second kappa shape index (κ2) is 8.48. The molecule has 3 rings (SSSR count). The van der Waals surface area contributed by atoms with E-state index in [-0.39, 0.29) is 5.56 Å². The average molecular weight is 374 g/mol. The van der Waals surface area contributed by atoms with Crippen molar-refractivity contribution in [1.29, 1.82) is 0 Å². The largest absolute Gasteiger partial charge is 0.478 e. The number of pyridine rings is 1. The quantitative estimate of drug-likeness (QED) is 0.366. The van der Waals surface area contributed by atoms with Gasteiger partial charge in [0.1, 0.15) is 0 Å². The molecular formula is C23H22N2O3. The molecule has 0 unspecified atom stereocenters. The van der Waals surface area contributed by atoms with Gasteiger partial charge in [-0.1, -0.05) is 35.5 Å². The van der Waals surface area contributed by atoms with E-state index in [1.54, 1.807) is 30.5 Å². The van der Waals surface area contributed by atoms with Gasteiger partial charge < -0.3 is 10.3 Å². The summed E-state index contributed by atoms with van der Waals surface area (Å²) >= 11 is 0. The smallest absolute Gasteiger partial charge is 0.335 e. The monoisotopic (exact) mass is 374 g/mol. The molecule has 142 valence electrons. The molecule has 0 amide bonds. The molecule has 0 bridgehead atoms. The summed E-state index contributed by atoms with van der Waals surface area (Å²) in [5, 5.41) is 22.1. The zero-order chi connectivity index (χ0) is 20.1. The molecule has 0 spiro atoms. The van der Waals surface area contributed by atoms with Gasteiger partial charge in [0.25, 0.3) is 0 Å². The van der Waals surface area contributed by atoms with Crippen LogP contribution in [0.15, 0.2) is 65.9 Å². The Bertz CT molecular complexity index is 1020. The molecule has 5 nitrogen and oxygen atoms in total. The molecule has 1 aromatic heterocycles. The van der Waals surface area contributed by atoms with Crippen LogP contribution in [0.3, 0.4) is 0 Å². The van der Waals surface area contributed by atoms with E-state index in [0.717, 1.165) is 33.5 Å². The van der Waals surface area contributed by atoms with Crippen molar-refractivity contribution in [2.24, 2.45) is 5.16 Å². The van der Waals surface area contributed by atoms with Crippen LogP contribution in [0, 0.1) is 13.8 Å². The summed E-state index contributed by atoms with van der Waals surface area (Å²) in [6, 6.07) is 16.7. The maximum absolute atomic E-state index is 11.0. The number of rotatable bonds is 6. The highest BCUT2D eigenvalue weighted by Crippen LogP contribution is 2.27. The minimum absolute atomic E-state index is 0.260. The van der Waals surface area contributed by atoms with Crippen molar-refractivity contribution < 1.29 is 15.1 Å². The molecule has 2 aromatic carbocycles. The van der Waals surface area contributed by atoms with Crippen LogP contribution < -0.4 is 0 Å². The molecule has 0 aliphatic rings. The minimum atomic E-state index is -0.942. The molecule has 1 heterocycles. The van der Waals surface area contributed by atoms with E-state index < -0.39 is 5.97 Å². The predicted octanol–water partition coefficient (Wildman–Crippen LogP) is 4.87. The molecular weight excluding hydrogens is 352 g/mol. The fourth-order valence-electron chi connectivity index (χ4n) is 3.29. The van der Waals surface area contributed by atoms with Crippen molar-refractivity contribution in [3.63, 3.8) is 0 Å². The highest BCUT2D eigenvalue weighted by Gasteiger charge is 2.13. The molecule has 28 heavy (non-hydrogen) atoms. The lowest BCUT2D eigenvalue weighted by atomic mass is 9.92. The highest BCUT2D eigenvalue weighted by molar-refractivity contribution is 6.02. The van der Waals surface area contributed by atoms with Crippen molar-refractivity contribution in [3.8, 4) is 11.1 Å². The van der Waals surface area contributed by atoms with Crippen LogP contribution in [0.1, 0.15) is 39.2 Å². The number of hydrogen-bond acceptors (Lipinski definition) is 4. The van der Waals surface area contributed by atoms with Crippen LogP contribution in [0.2, 0.25) is 0 Å². The summed E-state index contributed by atoms with van der Waals surface area (Å²) in [6.07, 6.45) is 2.98. The number of carboxylic acids is 1. The first-order valence-electron chi connectivity index (χ1n) is 9.05. The lowest BCUT2D eigenvalue weighted by molar-refractivity contribution is 0.0697. The highest BCUT2D eigenvalue weighted by atomic mass is 16.4. The Morgan fingerprint density at radius 2 is 1.82 bits per heavy atom. The van der Waals surface area contributed by atoms with Crippen LogP contribution in [0.25, 0.3) is 11.1 Å². The molecule has 0 aliphatic heterocycles. The Balaban J connectivity index is 1.83. The first-order valence-corrected chi connectivity index (χ1v) is 9.05. The third kappa shape index (κ3) is 4.26. The molecule has 0 saturated carbocycles. The zero-order valence-electron chi connectivity index (χ0n) is 15.9. The number of oxime groups is 1. The predicted molar refractivity (Wildman–Crippen MR) is 109 cm³/mol. The molecule has 5 heteroatoms. The summed E-state index contributed by atoms with van der Waals surface area (Å²) < 4.78 is 0. The number of hydrogen-bond donors (Lipinski definition) is 2. The summed E-state index contributed by atoms with van der Waals surface area (Å²) in [7, 11) is 0.